The van der Waals surface area contributed by atoms with Gasteiger partial charge in [0.25, 0.3) is 5.91 Å². The molecule has 1 heterocycles. The minimum absolute atomic E-state index is 0.0300. The molecule has 1 aliphatic rings. The van der Waals surface area contributed by atoms with Gasteiger partial charge in [0.15, 0.2) is 0 Å². The molecule has 5 nitrogen and oxygen atoms in total. The van der Waals surface area contributed by atoms with Gasteiger partial charge in [0.2, 0.25) is 6.41 Å². The fraction of sp³-hybridized carbons (Fsp3) is 0.385. The molecular formula is C13H17N3O2. The third-order valence-electron chi connectivity index (χ3n) is 3.28. The van der Waals surface area contributed by atoms with Crippen molar-refractivity contribution in [2.45, 2.75) is 18.9 Å². The maximum absolute atomic E-state index is 12.2. The second kappa shape index (κ2) is 5.53. The number of benzene rings is 1. The van der Waals surface area contributed by atoms with E-state index in [-0.39, 0.29) is 11.9 Å². The molecule has 0 unspecified atom stereocenters. The molecule has 0 atom stereocenters. The van der Waals surface area contributed by atoms with Crippen molar-refractivity contribution in [2.75, 3.05) is 18.8 Å². The number of carbonyl (C=O) groups is 2. The van der Waals surface area contributed by atoms with Crippen molar-refractivity contribution < 1.29 is 9.59 Å². The van der Waals surface area contributed by atoms with E-state index in [0.29, 0.717) is 24.3 Å². The van der Waals surface area contributed by atoms with Crippen LogP contribution >= 0.6 is 0 Å². The van der Waals surface area contributed by atoms with Crippen LogP contribution in [0.1, 0.15) is 23.2 Å². The second-order valence-corrected chi connectivity index (χ2v) is 4.44. The average Bonchev–Trinajstić information content (AvgIpc) is 2.40. The van der Waals surface area contributed by atoms with Gasteiger partial charge >= 0.3 is 0 Å². The zero-order chi connectivity index (χ0) is 13.0. The summed E-state index contributed by atoms with van der Waals surface area (Å²) < 4.78 is 0. The Hall–Kier alpha value is -2.04. The number of nitrogens with zero attached hydrogens (tertiary/aromatic N) is 1. The summed E-state index contributed by atoms with van der Waals surface area (Å²) in [5, 5.41) is 2.75. The van der Waals surface area contributed by atoms with Crippen molar-refractivity contribution in [3.8, 4) is 0 Å². The predicted molar refractivity (Wildman–Crippen MR) is 69.0 cm³/mol. The first-order valence-electron chi connectivity index (χ1n) is 6.06. The molecule has 0 bridgehead atoms. The smallest absolute Gasteiger partial charge is 0.255 e. The van der Waals surface area contributed by atoms with Crippen molar-refractivity contribution in [1.29, 1.82) is 0 Å². The lowest BCUT2D eigenvalue weighted by atomic mass is 10.0. The van der Waals surface area contributed by atoms with E-state index < -0.39 is 0 Å². The highest BCUT2D eigenvalue weighted by Crippen LogP contribution is 2.17. The number of amides is 2. The Morgan fingerprint density at radius 1 is 1.33 bits per heavy atom. The van der Waals surface area contributed by atoms with Crippen LogP contribution in [0.3, 0.4) is 0 Å². The van der Waals surface area contributed by atoms with Crippen LogP contribution in [0, 0.1) is 0 Å². The summed E-state index contributed by atoms with van der Waals surface area (Å²) in [6.07, 6.45) is 2.30. The number of hydrogen-bond acceptors (Lipinski definition) is 3. The monoisotopic (exact) mass is 247 g/mol. The molecule has 18 heavy (non-hydrogen) atoms. The number of piperidine rings is 1. The van der Waals surface area contributed by atoms with Crippen LogP contribution in [0.4, 0.5) is 5.69 Å². The molecular weight excluding hydrogens is 230 g/mol. The number of para-hydroxylation sites is 1. The highest BCUT2D eigenvalue weighted by atomic mass is 16.2. The van der Waals surface area contributed by atoms with Gasteiger partial charge in [-0.2, -0.15) is 0 Å². The van der Waals surface area contributed by atoms with Gasteiger partial charge in [0.05, 0.1) is 5.56 Å². The molecule has 0 spiro atoms. The van der Waals surface area contributed by atoms with Crippen LogP contribution in [0.2, 0.25) is 0 Å². The third kappa shape index (κ3) is 2.61. The summed E-state index contributed by atoms with van der Waals surface area (Å²) in [6.45, 7) is 1.30. The molecule has 96 valence electrons. The molecule has 0 saturated carbocycles. The largest absolute Gasteiger partial charge is 0.398 e. The van der Waals surface area contributed by atoms with Crippen molar-refractivity contribution >= 4 is 18.0 Å². The van der Waals surface area contributed by atoms with Gasteiger partial charge in [-0.3, -0.25) is 9.59 Å². The standard InChI is InChI=1S/C13H17N3O2/c14-12-4-2-1-3-11(12)13(18)16-7-5-10(6-8-16)15-9-17/h1-4,9-10H,5-8,14H2,(H,15,17). The summed E-state index contributed by atoms with van der Waals surface area (Å²) in [7, 11) is 0. The summed E-state index contributed by atoms with van der Waals surface area (Å²) in [5.41, 5.74) is 6.86. The van der Waals surface area contributed by atoms with Gasteiger partial charge in [0.1, 0.15) is 0 Å². The predicted octanol–water partition coefficient (Wildman–Crippen LogP) is 0.619. The lowest BCUT2D eigenvalue weighted by Gasteiger charge is -2.31. The van der Waals surface area contributed by atoms with E-state index in [9.17, 15) is 9.59 Å². The van der Waals surface area contributed by atoms with E-state index in [2.05, 4.69) is 5.32 Å². The second-order valence-electron chi connectivity index (χ2n) is 4.44. The van der Waals surface area contributed by atoms with Crippen molar-refractivity contribution in [2.24, 2.45) is 0 Å². The molecule has 1 fully saturated rings. The fourth-order valence-corrected chi connectivity index (χ4v) is 2.21. The highest BCUT2D eigenvalue weighted by molar-refractivity contribution is 5.99. The fourth-order valence-electron chi connectivity index (χ4n) is 2.21. The summed E-state index contributed by atoms with van der Waals surface area (Å²) >= 11 is 0. The Labute approximate surface area is 106 Å². The molecule has 1 aromatic rings. The van der Waals surface area contributed by atoms with Gasteiger partial charge in [0, 0.05) is 24.8 Å². The van der Waals surface area contributed by atoms with Crippen molar-refractivity contribution in [3.63, 3.8) is 0 Å². The molecule has 1 saturated heterocycles. The van der Waals surface area contributed by atoms with Gasteiger partial charge in [-0.25, -0.2) is 0 Å². The number of nitrogens with one attached hydrogen (secondary N) is 1. The number of carbonyl (C=O) groups excluding carboxylic acids is 2. The van der Waals surface area contributed by atoms with Crippen molar-refractivity contribution in [3.05, 3.63) is 29.8 Å². The first-order valence-corrected chi connectivity index (χ1v) is 6.06. The van der Waals surface area contributed by atoms with E-state index in [1.165, 1.54) is 0 Å². The molecule has 0 aromatic heterocycles. The lowest BCUT2D eigenvalue weighted by Crippen LogP contribution is -2.44. The van der Waals surface area contributed by atoms with Crippen LogP contribution in [0.5, 0.6) is 0 Å². The quantitative estimate of drug-likeness (QED) is 0.607. The van der Waals surface area contributed by atoms with E-state index in [0.717, 1.165) is 19.3 Å². The van der Waals surface area contributed by atoms with E-state index in [4.69, 9.17) is 5.73 Å². The van der Waals surface area contributed by atoms with Gasteiger partial charge in [-0.1, -0.05) is 12.1 Å². The molecule has 1 aromatic carbocycles. The Bertz CT molecular complexity index is 440. The van der Waals surface area contributed by atoms with Crippen LogP contribution < -0.4 is 11.1 Å². The molecule has 0 aliphatic carbocycles. The Morgan fingerprint density at radius 2 is 2.00 bits per heavy atom. The summed E-state index contributed by atoms with van der Waals surface area (Å²) in [5.74, 6) is -0.0300. The zero-order valence-electron chi connectivity index (χ0n) is 10.1. The number of likely N-dealkylation sites (tertiary alicyclic amines) is 1. The van der Waals surface area contributed by atoms with Gasteiger partial charge in [-0.15, -0.1) is 0 Å². The third-order valence-corrected chi connectivity index (χ3v) is 3.28. The number of nitrogen functional groups attached to an aromatic ring is 1. The maximum atomic E-state index is 12.2. The molecule has 1 aliphatic heterocycles. The molecule has 3 N–H and O–H groups in total. The van der Waals surface area contributed by atoms with Crippen LogP contribution in [0.15, 0.2) is 24.3 Å². The number of hydrogen-bond donors (Lipinski definition) is 2. The Balaban J connectivity index is 2.00. The highest BCUT2D eigenvalue weighted by Gasteiger charge is 2.24. The summed E-state index contributed by atoms with van der Waals surface area (Å²) in [4.78, 5) is 24.4. The molecule has 2 amide bonds. The molecule has 5 heteroatoms. The topological polar surface area (TPSA) is 75.4 Å². The first kappa shape index (κ1) is 12.4. The maximum Gasteiger partial charge on any atom is 0.255 e. The van der Waals surface area contributed by atoms with Crippen LogP contribution in [0.25, 0.3) is 0 Å². The van der Waals surface area contributed by atoms with Crippen LogP contribution in [-0.2, 0) is 4.79 Å². The number of rotatable bonds is 3. The van der Waals surface area contributed by atoms with E-state index >= 15 is 0 Å². The lowest BCUT2D eigenvalue weighted by molar-refractivity contribution is -0.110. The van der Waals surface area contributed by atoms with Crippen molar-refractivity contribution in [1.82, 2.24) is 10.2 Å². The average molecular weight is 247 g/mol. The number of anilines is 1. The zero-order valence-corrected chi connectivity index (χ0v) is 10.1. The van der Waals surface area contributed by atoms with Crippen LogP contribution in [-0.4, -0.2) is 36.3 Å². The Kier molecular flexibility index (Phi) is 3.82. The van der Waals surface area contributed by atoms with Gasteiger partial charge < -0.3 is 16.0 Å². The number of nitrogens with two attached hydrogens (primary N) is 1. The summed E-state index contributed by atoms with van der Waals surface area (Å²) in [6, 6.07) is 7.28. The minimum atomic E-state index is -0.0300. The minimum Gasteiger partial charge on any atom is -0.398 e. The van der Waals surface area contributed by atoms with E-state index in [1.807, 2.05) is 12.1 Å². The normalized spacial score (nSPS) is 16.3. The van der Waals surface area contributed by atoms with Gasteiger partial charge in [-0.05, 0) is 25.0 Å². The first-order chi connectivity index (χ1) is 8.72. The van der Waals surface area contributed by atoms with E-state index in [1.54, 1.807) is 17.0 Å². The molecule has 2 rings (SSSR count). The SMILES string of the molecule is Nc1ccccc1C(=O)N1CCC(NC=O)CC1. The Morgan fingerprint density at radius 3 is 2.61 bits per heavy atom. The molecule has 0 radical (unpaired) electrons.